The van der Waals surface area contributed by atoms with Gasteiger partial charge in [-0.3, -0.25) is 4.79 Å². The number of carbonyl (C=O) groups is 1. The van der Waals surface area contributed by atoms with E-state index in [0.29, 0.717) is 30.0 Å². The van der Waals surface area contributed by atoms with Crippen LogP contribution >= 0.6 is 11.8 Å². The molecule has 0 atom stereocenters. The summed E-state index contributed by atoms with van der Waals surface area (Å²) >= 11 is 0.969. The summed E-state index contributed by atoms with van der Waals surface area (Å²) in [4.78, 5) is 21.7. The van der Waals surface area contributed by atoms with Crippen LogP contribution in [0.4, 0.5) is 13.2 Å². The van der Waals surface area contributed by atoms with E-state index in [9.17, 15) is 18.0 Å². The van der Waals surface area contributed by atoms with Crippen molar-refractivity contribution in [2.24, 2.45) is 0 Å². The fraction of sp³-hybridized carbons (Fsp3) is 0.318. The van der Waals surface area contributed by atoms with Crippen molar-refractivity contribution in [3.05, 3.63) is 53.9 Å². The number of para-hydroxylation sites is 1. The quantitative estimate of drug-likeness (QED) is 0.352. The molecule has 1 heterocycles. The first-order valence-corrected chi connectivity index (χ1v) is 10.7. The van der Waals surface area contributed by atoms with Gasteiger partial charge in [0, 0.05) is 18.5 Å². The van der Waals surface area contributed by atoms with Gasteiger partial charge in [0.2, 0.25) is 11.7 Å². The molecule has 10 heteroatoms. The van der Waals surface area contributed by atoms with Gasteiger partial charge in [-0.2, -0.15) is 13.2 Å². The summed E-state index contributed by atoms with van der Waals surface area (Å²) in [6, 6.07) is 11.8. The van der Waals surface area contributed by atoms with Gasteiger partial charge in [0.25, 0.3) is 0 Å². The zero-order valence-electron chi connectivity index (χ0n) is 17.8. The number of ether oxygens (including phenoxy) is 2. The van der Waals surface area contributed by atoms with Crippen LogP contribution < -0.4 is 9.47 Å². The van der Waals surface area contributed by atoms with Gasteiger partial charge in [-0.05, 0) is 30.7 Å². The number of thioether (sulfide) groups is 1. The third-order valence-electron chi connectivity index (χ3n) is 4.71. The monoisotopic (exact) mass is 465 g/mol. The Balaban J connectivity index is 1.77. The predicted molar refractivity (Wildman–Crippen MR) is 116 cm³/mol. The number of hydrogen-bond acceptors (Lipinski definition) is 6. The average molecular weight is 465 g/mol. The number of fused-ring (bicyclic) bond motifs is 1. The van der Waals surface area contributed by atoms with Gasteiger partial charge in [-0.1, -0.05) is 36.0 Å². The van der Waals surface area contributed by atoms with Crippen molar-refractivity contribution >= 4 is 28.6 Å². The van der Waals surface area contributed by atoms with E-state index in [4.69, 9.17) is 9.47 Å². The van der Waals surface area contributed by atoms with Crippen LogP contribution in [0.15, 0.2) is 47.5 Å². The number of methoxy groups -OCH3 is 2. The molecule has 0 aliphatic heterocycles. The van der Waals surface area contributed by atoms with E-state index in [0.717, 1.165) is 17.3 Å². The van der Waals surface area contributed by atoms with Crippen LogP contribution in [0.2, 0.25) is 0 Å². The Morgan fingerprint density at radius 3 is 2.44 bits per heavy atom. The minimum Gasteiger partial charge on any atom is -0.493 e. The van der Waals surface area contributed by atoms with E-state index in [2.05, 4.69) is 9.97 Å². The molecule has 0 aliphatic carbocycles. The van der Waals surface area contributed by atoms with Gasteiger partial charge >= 0.3 is 6.18 Å². The molecule has 0 fully saturated rings. The van der Waals surface area contributed by atoms with E-state index >= 15 is 0 Å². The molecule has 2 aromatic carbocycles. The van der Waals surface area contributed by atoms with Gasteiger partial charge in [0.05, 0.1) is 25.5 Å². The number of aromatic nitrogens is 2. The van der Waals surface area contributed by atoms with E-state index in [1.807, 2.05) is 13.0 Å². The Hall–Kier alpha value is -3.01. The maximum atomic E-state index is 13.2. The molecule has 170 valence electrons. The molecule has 0 unspecified atom stereocenters. The number of hydrogen-bond donors (Lipinski definition) is 0. The van der Waals surface area contributed by atoms with Crippen molar-refractivity contribution in [3.8, 4) is 11.5 Å². The second-order valence-electron chi connectivity index (χ2n) is 6.75. The zero-order chi connectivity index (χ0) is 23.3. The van der Waals surface area contributed by atoms with E-state index in [1.165, 1.54) is 20.3 Å². The zero-order valence-corrected chi connectivity index (χ0v) is 18.6. The van der Waals surface area contributed by atoms with Crippen molar-refractivity contribution in [1.82, 2.24) is 14.9 Å². The SMILES string of the molecule is CCN(Cc1ccc(OC)c(OC)c1)C(=O)CSc1nc(C(F)(F)F)nc2ccccc12. The van der Waals surface area contributed by atoms with Crippen molar-refractivity contribution in [2.75, 3.05) is 26.5 Å². The van der Waals surface area contributed by atoms with Crippen LogP contribution in [0, 0.1) is 0 Å². The van der Waals surface area contributed by atoms with Crippen LogP contribution in [-0.4, -0.2) is 47.3 Å². The Bertz CT molecular complexity index is 1110. The fourth-order valence-electron chi connectivity index (χ4n) is 3.08. The van der Waals surface area contributed by atoms with Crippen molar-refractivity contribution < 1.29 is 27.4 Å². The van der Waals surface area contributed by atoms with Gasteiger partial charge in [0.15, 0.2) is 11.5 Å². The molecule has 0 aliphatic rings. The Kier molecular flexibility index (Phi) is 7.44. The summed E-state index contributed by atoms with van der Waals surface area (Å²) in [5, 5.41) is 0.597. The molecule has 1 amide bonds. The third-order valence-corrected chi connectivity index (χ3v) is 5.69. The van der Waals surface area contributed by atoms with Gasteiger partial charge < -0.3 is 14.4 Å². The van der Waals surface area contributed by atoms with Crippen molar-refractivity contribution in [3.63, 3.8) is 0 Å². The lowest BCUT2D eigenvalue weighted by Crippen LogP contribution is -2.31. The maximum Gasteiger partial charge on any atom is 0.451 e. The van der Waals surface area contributed by atoms with Crippen LogP contribution in [-0.2, 0) is 17.5 Å². The van der Waals surface area contributed by atoms with Crippen LogP contribution in [0.3, 0.4) is 0 Å². The summed E-state index contributed by atoms with van der Waals surface area (Å²) in [6.45, 7) is 2.60. The van der Waals surface area contributed by atoms with Crippen LogP contribution in [0.1, 0.15) is 18.3 Å². The minimum atomic E-state index is -4.67. The Morgan fingerprint density at radius 2 is 1.78 bits per heavy atom. The molecule has 0 saturated carbocycles. The smallest absolute Gasteiger partial charge is 0.451 e. The first kappa shape index (κ1) is 23.6. The molecule has 0 saturated heterocycles. The molecule has 3 aromatic rings. The normalized spacial score (nSPS) is 11.4. The number of benzene rings is 2. The highest BCUT2D eigenvalue weighted by Gasteiger charge is 2.35. The highest BCUT2D eigenvalue weighted by atomic mass is 32.2. The molecular formula is C22H22F3N3O3S. The Morgan fingerprint density at radius 1 is 1.06 bits per heavy atom. The molecule has 0 bridgehead atoms. The van der Waals surface area contributed by atoms with Crippen LogP contribution in [0.25, 0.3) is 10.9 Å². The average Bonchev–Trinajstić information content (AvgIpc) is 2.79. The van der Waals surface area contributed by atoms with Crippen molar-refractivity contribution in [1.29, 1.82) is 0 Å². The topological polar surface area (TPSA) is 64.6 Å². The summed E-state index contributed by atoms with van der Waals surface area (Å²) in [5.41, 5.74) is 1.03. The number of halogens is 3. The lowest BCUT2D eigenvalue weighted by Gasteiger charge is -2.21. The minimum absolute atomic E-state index is 0.0561. The van der Waals surface area contributed by atoms with Crippen molar-refractivity contribution in [2.45, 2.75) is 24.7 Å². The van der Waals surface area contributed by atoms with Gasteiger partial charge in [-0.25, -0.2) is 9.97 Å². The van der Waals surface area contributed by atoms with E-state index in [-0.39, 0.29) is 22.2 Å². The van der Waals surface area contributed by atoms with Gasteiger partial charge in [0.1, 0.15) is 5.03 Å². The number of rotatable bonds is 8. The molecule has 0 spiro atoms. The number of carbonyl (C=O) groups excluding carboxylic acids is 1. The second-order valence-corrected chi connectivity index (χ2v) is 7.72. The second kappa shape index (κ2) is 10.1. The summed E-state index contributed by atoms with van der Waals surface area (Å²) in [6.07, 6.45) is -4.67. The van der Waals surface area contributed by atoms with E-state index < -0.39 is 12.0 Å². The summed E-state index contributed by atoms with van der Waals surface area (Å²) in [5.74, 6) is -0.362. The number of nitrogens with zero attached hydrogens (tertiary/aromatic N) is 3. The largest absolute Gasteiger partial charge is 0.493 e. The molecule has 0 N–H and O–H groups in total. The predicted octanol–water partition coefficient (Wildman–Crippen LogP) is 4.81. The lowest BCUT2D eigenvalue weighted by molar-refractivity contribution is -0.145. The lowest BCUT2D eigenvalue weighted by atomic mass is 10.2. The molecule has 6 nitrogen and oxygen atoms in total. The molecule has 0 radical (unpaired) electrons. The maximum absolute atomic E-state index is 13.2. The molecule has 32 heavy (non-hydrogen) atoms. The number of amides is 1. The summed E-state index contributed by atoms with van der Waals surface area (Å²) in [7, 11) is 3.07. The summed E-state index contributed by atoms with van der Waals surface area (Å²) < 4.78 is 50.1. The Labute approximate surface area is 187 Å². The van der Waals surface area contributed by atoms with E-state index in [1.54, 1.807) is 35.2 Å². The van der Waals surface area contributed by atoms with Crippen LogP contribution in [0.5, 0.6) is 11.5 Å². The molecule has 3 rings (SSSR count). The fourth-order valence-corrected chi connectivity index (χ4v) is 4.00. The molecular weight excluding hydrogens is 443 g/mol. The standard InChI is InChI=1S/C22H22F3N3O3S/c1-4-28(12-14-9-10-17(30-2)18(11-14)31-3)19(29)13-32-20-15-7-5-6-8-16(15)26-21(27-20)22(23,24)25/h5-11H,4,12-13H2,1-3H3. The molecule has 1 aromatic heterocycles. The first-order valence-electron chi connectivity index (χ1n) is 9.72. The number of alkyl halides is 3. The third kappa shape index (κ3) is 5.42. The van der Waals surface area contributed by atoms with Gasteiger partial charge in [-0.15, -0.1) is 0 Å². The first-order chi connectivity index (χ1) is 15.3. The highest BCUT2D eigenvalue weighted by Crippen LogP contribution is 2.32. The highest BCUT2D eigenvalue weighted by molar-refractivity contribution is 8.00.